The van der Waals surface area contributed by atoms with E-state index in [4.69, 9.17) is 0 Å². The molecule has 30 heavy (non-hydrogen) atoms. The summed E-state index contributed by atoms with van der Waals surface area (Å²) in [6.45, 7) is 3.14. The van der Waals surface area contributed by atoms with Gasteiger partial charge in [-0.25, -0.2) is 8.42 Å². The van der Waals surface area contributed by atoms with Gasteiger partial charge in [0.2, 0.25) is 15.9 Å². The minimum absolute atomic E-state index is 0.0750. The highest BCUT2D eigenvalue weighted by atomic mass is 32.2. The van der Waals surface area contributed by atoms with Crippen LogP contribution in [-0.4, -0.2) is 42.3 Å². The van der Waals surface area contributed by atoms with Crippen LogP contribution in [-0.2, 0) is 21.4 Å². The van der Waals surface area contributed by atoms with Crippen LogP contribution in [0.1, 0.15) is 51.9 Å². The van der Waals surface area contributed by atoms with E-state index in [9.17, 15) is 18.0 Å². The Morgan fingerprint density at radius 3 is 2.50 bits per heavy atom. The maximum absolute atomic E-state index is 13.1. The summed E-state index contributed by atoms with van der Waals surface area (Å²) in [5.41, 5.74) is 0.768. The van der Waals surface area contributed by atoms with Crippen molar-refractivity contribution in [2.75, 3.05) is 13.1 Å². The number of aromatic nitrogens is 1. The van der Waals surface area contributed by atoms with Gasteiger partial charge in [0.25, 0.3) is 0 Å². The number of amides is 1. The Kier molecular flexibility index (Phi) is 6.31. The molecule has 2 heterocycles. The summed E-state index contributed by atoms with van der Waals surface area (Å²) in [7, 11) is -3.64. The van der Waals surface area contributed by atoms with Gasteiger partial charge >= 0.3 is 4.87 Å². The number of piperidine rings is 1. The molecule has 1 saturated heterocycles. The first-order valence-corrected chi connectivity index (χ1v) is 13.1. The standard InChI is InChI=1S/C21H29N3O4S2/c1-2-24-18-9-8-17(14-19(18)29-21(24)26)30(27,28)23-12-10-15(11-13-23)20(25)22-16-6-4-3-5-7-16/h8-9,14-16H,2-7,10-13H2,1H3,(H,22,25). The number of carbonyl (C=O) groups is 1. The van der Waals surface area contributed by atoms with Gasteiger partial charge in [-0.2, -0.15) is 4.31 Å². The van der Waals surface area contributed by atoms with Crippen LogP contribution in [0.2, 0.25) is 0 Å². The molecule has 1 saturated carbocycles. The number of aryl methyl sites for hydroxylation is 1. The fraction of sp³-hybridized carbons (Fsp3) is 0.619. The number of fused-ring (bicyclic) bond motifs is 1. The average Bonchev–Trinajstić information content (AvgIpc) is 3.08. The predicted octanol–water partition coefficient (Wildman–Crippen LogP) is 2.93. The van der Waals surface area contributed by atoms with Gasteiger partial charge in [0, 0.05) is 31.6 Å². The van der Waals surface area contributed by atoms with Crippen molar-refractivity contribution in [3.63, 3.8) is 0 Å². The first-order valence-electron chi connectivity index (χ1n) is 10.8. The monoisotopic (exact) mass is 451 g/mol. The molecule has 0 unspecified atom stereocenters. The fourth-order valence-electron chi connectivity index (χ4n) is 4.58. The number of hydrogen-bond donors (Lipinski definition) is 1. The Hall–Kier alpha value is -1.71. The molecule has 0 spiro atoms. The largest absolute Gasteiger partial charge is 0.353 e. The molecule has 7 nitrogen and oxygen atoms in total. The zero-order chi connectivity index (χ0) is 21.3. The molecule has 4 rings (SSSR count). The van der Waals surface area contributed by atoms with Gasteiger partial charge in [-0.1, -0.05) is 30.6 Å². The van der Waals surface area contributed by atoms with Crippen LogP contribution in [0.4, 0.5) is 0 Å². The van der Waals surface area contributed by atoms with Crippen LogP contribution in [0.25, 0.3) is 10.2 Å². The maximum atomic E-state index is 13.1. The Morgan fingerprint density at radius 1 is 1.13 bits per heavy atom. The lowest BCUT2D eigenvalue weighted by atomic mass is 9.93. The highest BCUT2D eigenvalue weighted by Gasteiger charge is 2.33. The first kappa shape index (κ1) is 21.5. The number of sulfonamides is 1. The van der Waals surface area contributed by atoms with Crippen LogP contribution in [0.5, 0.6) is 0 Å². The predicted molar refractivity (Wildman–Crippen MR) is 118 cm³/mol. The van der Waals surface area contributed by atoms with Gasteiger partial charge < -0.3 is 5.32 Å². The molecule has 2 aromatic rings. The molecule has 1 aliphatic heterocycles. The molecular formula is C21H29N3O4S2. The summed E-state index contributed by atoms with van der Waals surface area (Å²) in [5, 5.41) is 3.17. The maximum Gasteiger partial charge on any atom is 0.308 e. The molecule has 0 radical (unpaired) electrons. The number of nitrogens with zero attached hydrogens (tertiary/aromatic N) is 2. The molecule has 0 atom stereocenters. The summed E-state index contributed by atoms with van der Waals surface area (Å²) in [6.07, 6.45) is 6.76. The smallest absolute Gasteiger partial charge is 0.308 e. The van der Waals surface area contributed by atoms with E-state index in [1.165, 1.54) is 23.6 Å². The lowest BCUT2D eigenvalue weighted by Gasteiger charge is -2.32. The molecular weight excluding hydrogens is 422 g/mol. The molecule has 164 valence electrons. The second-order valence-corrected chi connectivity index (χ2v) is 11.2. The molecule has 1 N–H and O–H groups in total. The van der Waals surface area contributed by atoms with E-state index in [0.717, 1.165) is 29.7 Å². The minimum Gasteiger partial charge on any atom is -0.353 e. The van der Waals surface area contributed by atoms with E-state index in [1.54, 1.807) is 22.8 Å². The quantitative estimate of drug-likeness (QED) is 0.757. The summed E-state index contributed by atoms with van der Waals surface area (Å²) < 4.78 is 30.1. The third-order valence-electron chi connectivity index (χ3n) is 6.37. The van der Waals surface area contributed by atoms with Crippen LogP contribution in [0, 0.1) is 5.92 Å². The SMILES string of the molecule is CCn1c(=O)sc2cc(S(=O)(=O)N3CCC(C(=O)NC4CCCCC4)CC3)ccc21. The van der Waals surface area contributed by atoms with Crippen molar-refractivity contribution in [3.05, 3.63) is 27.9 Å². The summed E-state index contributed by atoms with van der Waals surface area (Å²) in [5.74, 6) is -0.0456. The van der Waals surface area contributed by atoms with E-state index in [2.05, 4.69) is 5.32 Å². The van der Waals surface area contributed by atoms with Crippen molar-refractivity contribution in [2.45, 2.75) is 69.4 Å². The van der Waals surface area contributed by atoms with Crippen molar-refractivity contribution in [2.24, 2.45) is 5.92 Å². The number of rotatable bonds is 5. The zero-order valence-electron chi connectivity index (χ0n) is 17.3. The van der Waals surface area contributed by atoms with Gasteiger partial charge in [-0.3, -0.25) is 14.2 Å². The number of carbonyl (C=O) groups excluding carboxylic acids is 1. The van der Waals surface area contributed by atoms with Gasteiger partial charge in [-0.15, -0.1) is 0 Å². The molecule has 1 aromatic heterocycles. The molecule has 9 heteroatoms. The first-order chi connectivity index (χ1) is 14.4. The lowest BCUT2D eigenvalue weighted by molar-refractivity contribution is -0.127. The molecule has 1 aliphatic carbocycles. The molecule has 2 aliphatic rings. The van der Waals surface area contributed by atoms with Crippen LogP contribution < -0.4 is 10.2 Å². The summed E-state index contributed by atoms with van der Waals surface area (Å²) in [6, 6.07) is 5.18. The van der Waals surface area contributed by atoms with Crippen LogP contribution in [0.3, 0.4) is 0 Å². The highest BCUT2D eigenvalue weighted by molar-refractivity contribution is 7.89. The van der Waals surface area contributed by atoms with Crippen molar-refractivity contribution < 1.29 is 13.2 Å². The van der Waals surface area contributed by atoms with E-state index >= 15 is 0 Å². The summed E-state index contributed by atoms with van der Waals surface area (Å²) in [4.78, 5) is 24.8. The summed E-state index contributed by atoms with van der Waals surface area (Å²) >= 11 is 1.07. The lowest BCUT2D eigenvalue weighted by Crippen LogP contribution is -2.45. The van der Waals surface area contributed by atoms with Crippen molar-refractivity contribution in [1.29, 1.82) is 0 Å². The average molecular weight is 452 g/mol. The number of nitrogens with one attached hydrogen (secondary N) is 1. The number of thiazole rings is 1. The number of hydrogen-bond acceptors (Lipinski definition) is 5. The van der Waals surface area contributed by atoms with E-state index < -0.39 is 10.0 Å². The third kappa shape index (κ3) is 4.20. The van der Waals surface area contributed by atoms with E-state index in [1.807, 2.05) is 6.92 Å². The normalized spacial score (nSPS) is 19.9. The van der Waals surface area contributed by atoms with Crippen molar-refractivity contribution >= 4 is 37.5 Å². The Morgan fingerprint density at radius 2 is 1.83 bits per heavy atom. The zero-order valence-corrected chi connectivity index (χ0v) is 18.9. The Labute approximate surface area is 181 Å². The topological polar surface area (TPSA) is 88.5 Å². The molecule has 0 bridgehead atoms. The third-order valence-corrected chi connectivity index (χ3v) is 9.21. The van der Waals surface area contributed by atoms with Crippen LogP contribution >= 0.6 is 11.3 Å². The molecule has 1 aromatic carbocycles. The second kappa shape index (κ2) is 8.80. The second-order valence-electron chi connectivity index (χ2n) is 8.26. The minimum atomic E-state index is -3.64. The molecule has 2 fully saturated rings. The fourth-order valence-corrected chi connectivity index (χ4v) is 7.15. The van der Waals surface area contributed by atoms with Crippen molar-refractivity contribution in [3.8, 4) is 0 Å². The van der Waals surface area contributed by atoms with Gasteiger partial charge in [0.05, 0.1) is 15.1 Å². The van der Waals surface area contributed by atoms with Gasteiger partial charge in [0.15, 0.2) is 0 Å². The van der Waals surface area contributed by atoms with Crippen LogP contribution in [0.15, 0.2) is 27.9 Å². The number of benzene rings is 1. The van der Waals surface area contributed by atoms with Gasteiger partial charge in [0.1, 0.15) is 0 Å². The van der Waals surface area contributed by atoms with Crippen molar-refractivity contribution in [1.82, 2.24) is 14.2 Å². The Balaban J connectivity index is 1.43. The highest BCUT2D eigenvalue weighted by Crippen LogP contribution is 2.28. The van der Waals surface area contributed by atoms with Gasteiger partial charge in [-0.05, 0) is 50.8 Å². The molecule has 1 amide bonds. The van der Waals surface area contributed by atoms with E-state index in [0.29, 0.717) is 37.2 Å². The van der Waals surface area contributed by atoms with E-state index in [-0.39, 0.29) is 27.6 Å². The Bertz CT molecular complexity index is 1080.